The zero-order chi connectivity index (χ0) is 13.7. The van der Waals surface area contributed by atoms with Crippen molar-refractivity contribution in [3.05, 3.63) is 34.4 Å². The van der Waals surface area contributed by atoms with Gasteiger partial charge in [0.15, 0.2) is 0 Å². The molecule has 0 amide bonds. The van der Waals surface area contributed by atoms with E-state index in [4.69, 9.17) is 9.26 Å². The van der Waals surface area contributed by atoms with Crippen LogP contribution in [-0.4, -0.2) is 30.4 Å². The third-order valence-corrected chi connectivity index (χ3v) is 2.81. The Balaban J connectivity index is 2.03. The second-order valence-electron chi connectivity index (χ2n) is 3.84. The van der Waals surface area contributed by atoms with Gasteiger partial charge in [-0.25, -0.2) is 4.39 Å². The lowest BCUT2D eigenvalue weighted by molar-refractivity contribution is 0.197. The third kappa shape index (κ3) is 4.09. The number of aromatic nitrogens is 2. The van der Waals surface area contributed by atoms with Crippen LogP contribution in [0.25, 0.3) is 11.4 Å². The largest absolute Gasteiger partial charge is 0.383 e. The van der Waals surface area contributed by atoms with Crippen LogP contribution in [0.5, 0.6) is 0 Å². The number of nitrogens with zero attached hydrogens (tertiary/aromatic N) is 2. The summed E-state index contributed by atoms with van der Waals surface area (Å²) in [5.74, 6) is 0.462. The molecule has 0 aliphatic heterocycles. The molecular formula is C12H13BrFN3O2. The molecule has 0 aliphatic carbocycles. The van der Waals surface area contributed by atoms with E-state index in [1.165, 1.54) is 12.1 Å². The molecule has 1 heterocycles. The average molecular weight is 330 g/mol. The smallest absolute Gasteiger partial charge is 0.240 e. The molecule has 1 N–H and O–H groups in total. The Hall–Kier alpha value is -1.31. The first kappa shape index (κ1) is 14.1. The molecule has 0 spiro atoms. The minimum atomic E-state index is -0.353. The van der Waals surface area contributed by atoms with Crippen LogP contribution >= 0.6 is 15.9 Å². The quantitative estimate of drug-likeness (QED) is 0.824. The van der Waals surface area contributed by atoms with Crippen LogP contribution in [0.4, 0.5) is 4.39 Å². The van der Waals surface area contributed by atoms with Gasteiger partial charge in [0.1, 0.15) is 5.82 Å². The summed E-state index contributed by atoms with van der Waals surface area (Å²) >= 11 is 3.22. The van der Waals surface area contributed by atoms with Gasteiger partial charge in [-0.05, 0) is 18.2 Å². The van der Waals surface area contributed by atoms with Gasteiger partial charge >= 0.3 is 0 Å². The van der Waals surface area contributed by atoms with Gasteiger partial charge in [-0.15, -0.1) is 0 Å². The maximum Gasteiger partial charge on any atom is 0.240 e. The Kier molecular flexibility index (Phi) is 5.00. The molecule has 0 atom stereocenters. The molecule has 0 unspecified atom stereocenters. The van der Waals surface area contributed by atoms with E-state index in [9.17, 15) is 4.39 Å². The van der Waals surface area contributed by atoms with Crippen LogP contribution in [0.2, 0.25) is 0 Å². The first-order valence-corrected chi connectivity index (χ1v) is 6.47. The molecule has 2 aromatic rings. The Labute approximate surface area is 118 Å². The summed E-state index contributed by atoms with van der Waals surface area (Å²) in [6.07, 6.45) is 0. The summed E-state index contributed by atoms with van der Waals surface area (Å²) in [6, 6.07) is 4.46. The zero-order valence-corrected chi connectivity index (χ0v) is 11.9. The van der Waals surface area contributed by atoms with Crippen LogP contribution in [-0.2, 0) is 11.3 Å². The molecule has 0 saturated carbocycles. The van der Waals surface area contributed by atoms with E-state index in [0.29, 0.717) is 41.4 Å². The van der Waals surface area contributed by atoms with Crippen molar-refractivity contribution >= 4 is 15.9 Å². The van der Waals surface area contributed by atoms with Gasteiger partial charge in [0.05, 0.1) is 13.2 Å². The van der Waals surface area contributed by atoms with Crippen molar-refractivity contribution in [2.75, 3.05) is 20.3 Å². The van der Waals surface area contributed by atoms with Gasteiger partial charge < -0.3 is 14.6 Å². The predicted octanol–water partition coefficient (Wildman–Crippen LogP) is 2.37. The van der Waals surface area contributed by atoms with Crippen LogP contribution in [0.15, 0.2) is 27.2 Å². The molecular weight excluding hydrogens is 317 g/mol. The summed E-state index contributed by atoms with van der Waals surface area (Å²) in [4.78, 5) is 4.19. The first-order chi connectivity index (χ1) is 9.19. The standard InChI is InChI=1S/C12H13BrFN3O2/c1-18-3-2-15-7-11-16-12(17-19-11)8-4-9(13)6-10(14)5-8/h4-6,15H,2-3,7H2,1H3. The SMILES string of the molecule is COCCNCc1nc(-c2cc(F)cc(Br)c2)no1. The summed E-state index contributed by atoms with van der Waals surface area (Å²) in [7, 11) is 1.63. The van der Waals surface area contributed by atoms with Gasteiger partial charge in [0.25, 0.3) is 0 Å². The molecule has 2 rings (SSSR count). The van der Waals surface area contributed by atoms with Crippen LogP contribution in [0.3, 0.4) is 0 Å². The van der Waals surface area contributed by atoms with Gasteiger partial charge in [-0.3, -0.25) is 0 Å². The van der Waals surface area contributed by atoms with Crippen LogP contribution in [0, 0.1) is 5.82 Å². The number of methoxy groups -OCH3 is 1. The van der Waals surface area contributed by atoms with Gasteiger partial charge in [0.2, 0.25) is 11.7 Å². The predicted molar refractivity (Wildman–Crippen MR) is 71.0 cm³/mol. The van der Waals surface area contributed by atoms with Crippen molar-refractivity contribution < 1.29 is 13.7 Å². The molecule has 0 radical (unpaired) electrons. The fourth-order valence-corrected chi connectivity index (χ4v) is 1.96. The molecule has 0 saturated heterocycles. The normalized spacial score (nSPS) is 10.9. The number of halogens is 2. The third-order valence-electron chi connectivity index (χ3n) is 2.35. The molecule has 102 valence electrons. The van der Waals surface area contributed by atoms with Gasteiger partial charge in [-0.1, -0.05) is 21.1 Å². The number of ether oxygens (including phenoxy) is 1. The summed E-state index contributed by atoms with van der Waals surface area (Å²) in [5.41, 5.74) is 0.568. The molecule has 5 nitrogen and oxygen atoms in total. The molecule has 0 fully saturated rings. The Morgan fingerprint density at radius 3 is 3.00 bits per heavy atom. The highest BCUT2D eigenvalue weighted by molar-refractivity contribution is 9.10. The maximum atomic E-state index is 13.3. The molecule has 1 aromatic heterocycles. The molecule has 0 bridgehead atoms. The monoisotopic (exact) mass is 329 g/mol. The number of benzene rings is 1. The van der Waals surface area contributed by atoms with E-state index in [1.54, 1.807) is 13.2 Å². The topological polar surface area (TPSA) is 60.2 Å². The lowest BCUT2D eigenvalue weighted by Crippen LogP contribution is -2.18. The van der Waals surface area contributed by atoms with E-state index < -0.39 is 0 Å². The first-order valence-electron chi connectivity index (χ1n) is 5.68. The van der Waals surface area contributed by atoms with Crippen molar-refractivity contribution in [1.82, 2.24) is 15.5 Å². The molecule has 0 aliphatic rings. The van der Waals surface area contributed by atoms with Gasteiger partial charge in [0, 0.05) is 23.7 Å². The van der Waals surface area contributed by atoms with Crippen molar-refractivity contribution in [1.29, 1.82) is 0 Å². The Morgan fingerprint density at radius 1 is 1.42 bits per heavy atom. The van der Waals surface area contributed by atoms with Gasteiger partial charge in [-0.2, -0.15) is 4.98 Å². The summed E-state index contributed by atoms with van der Waals surface area (Å²) < 4.78 is 23.9. The molecule has 19 heavy (non-hydrogen) atoms. The van der Waals surface area contributed by atoms with E-state index in [-0.39, 0.29) is 5.82 Å². The average Bonchev–Trinajstić information content (AvgIpc) is 2.82. The second kappa shape index (κ2) is 6.74. The van der Waals surface area contributed by atoms with Crippen molar-refractivity contribution in [3.63, 3.8) is 0 Å². The lowest BCUT2D eigenvalue weighted by atomic mass is 10.2. The zero-order valence-electron chi connectivity index (χ0n) is 10.3. The number of hydrogen-bond acceptors (Lipinski definition) is 5. The summed E-state index contributed by atoms with van der Waals surface area (Å²) in [5, 5.41) is 6.91. The van der Waals surface area contributed by atoms with Crippen molar-refractivity contribution in [2.24, 2.45) is 0 Å². The van der Waals surface area contributed by atoms with Crippen molar-refractivity contribution in [3.8, 4) is 11.4 Å². The number of hydrogen-bond donors (Lipinski definition) is 1. The molecule has 7 heteroatoms. The van der Waals surface area contributed by atoms with E-state index in [1.807, 2.05) is 0 Å². The Morgan fingerprint density at radius 2 is 2.26 bits per heavy atom. The van der Waals surface area contributed by atoms with E-state index >= 15 is 0 Å². The van der Waals surface area contributed by atoms with Crippen LogP contribution in [0.1, 0.15) is 5.89 Å². The highest BCUT2D eigenvalue weighted by Gasteiger charge is 2.10. The number of nitrogens with one attached hydrogen (secondary N) is 1. The fourth-order valence-electron chi connectivity index (χ4n) is 1.50. The van der Waals surface area contributed by atoms with E-state index in [0.717, 1.165) is 0 Å². The number of rotatable bonds is 6. The lowest BCUT2D eigenvalue weighted by Gasteiger charge is -1.99. The molecule has 1 aromatic carbocycles. The Bertz CT molecular complexity index is 527. The minimum absolute atomic E-state index is 0.353. The maximum absolute atomic E-state index is 13.3. The van der Waals surface area contributed by atoms with Crippen LogP contribution < -0.4 is 5.32 Å². The highest BCUT2D eigenvalue weighted by Crippen LogP contribution is 2.22. The second-order valence-corrected chi connectivity index (χ2v) is 4.76. The van der Waals surface area contributed by atoms with E-state index in [2.05, 4.69) is 31.4 Å². The minimum Gasteiger partial charge on any atom is -0.383 e. The summed E-state index contributed by atoms with van der Waals surface area (Å²) in [6.45, 7) is 1.75. The highest BCUT2D eigenvalue weighted by atomic mass is 79.9. The van der Waals surface area contributed by atoms with Crippen molar-refractivity contribution in [2.45, 2.75) is 6.54 Å². The fraction of sp³-hybridized carbons (Fsp3) is 0.333.